The molecule has 1 aromatic heterocycles. The van der Waals surface area contributed by atoms with Crippen molar-refractivity contribution in [2.45, 2.75) is 50.2 Å². The smallest absolute Gasteiger partial charge is 0.235 e. The van der Waals surface area contributed by atoms with Crippen LogP contribution >= 0.6 is 11.3 Å². The number of hydrogen-bond acceptors (Lipinski definition) is 8. The first-order chi connectivity index (χ1) is 14.7. The summed E-state index contributed by atoms with van der Waals surface area (Å²) in [6.07, 6.45) is 1.87. The van der Waals surface area contributed by atoms with Crippen molar-refractivity contribution >= 4 is 27.5 Å². The molecule has 0 saturated carbocycles. The molecule has 1 aromatic carbocycles. The maximum atomic E-state index is 13.4. The van der Waals surface area contributed by atoms with Gasteiger partial charge in [0.15, 0.2) is 0 Å². The van der Waals surface area contributed by atoms with Crippen LogP contribution in [-0.4, -0.2) is 73.2 Å². The van der Waals surface area contributed by atoms with Gasteiger partial charge in [0.1, 0.15) is 17.2 Å². The second-order valence-electron chi connectivity index (χ2n) is 8.42. The van der Waals surface area contributed by atoms with Crippen LogP contribution < -0.4 is 21.3 Å². The van der Waals surface area contributed by atoms with Gasteiger partial charge in [0.25, 0.3) is 0 Å². The van der Waals surface area contributed by atoms with E-state index in [-0.39, 0.29) is 30.3 Å². The number of nitrogens with zero attached hydrogens (tertiary/aromatic N) is 2. The summed E-state index contributed by atoms with van der Waals surface area (Å²) in [6.45, 7) is 6.28. The van der Waals surface area contributed by atoms with Gasteiger partial charge in [0.05, 0.1) is 29.6 Å². The maximum absolute atomic E-state index is 13.4. The first-order valence-corrected chi connectivity index (χ1v) is 11.7. The summed E-state index contributed by atoms with van der Waals surface area (Å²) in [4.78, 5) is 20.5. The number of benzene rings is 1. The van der Waals surface area contributed by atoms with Crippen LogP contribution in [0.1, 0.15) is 30.7 Å². The van der Waals surface area contributed by atoms with E-state index in [4.69, 9.17) is 9.72 Å². The molecule has 9 heteroatoms. The predicted octanol–water partition coefficient (Wildman–Crippen LogP) is 0.771. The molecule has 3 aliphatic rings. The summed E-state index contributed by atoms with van der Waals surface area (Å²) in [6, 6.07) is 8.66. The SMILES string of the molecule is C[C@H]1COCCN1C1NC(=O)C(c2nc3ccccc3s2)C(N[C@@H]2CCCNC2)N1. The zero-order chi connectivity index (χ0) is 20.5. The van der Waals surface area contributed by atoms with Gasteiger partial charge >= 0.3 is 0 Å². The van der Waals surface area contributed by atoms with Crippen molar-refractivity contribution < 1.29 is 9.53 Å². The Balaban J connectivity index is 1.42. The number of thiazole rings is 1. The van der Waals surface area contributed by atoms with Crippen LogP contribution in [-0.2, 0) is 9.53 Å². The molecule has 0 bridgehead atoms. The largest absolute Gasteiger partial charge is 0.379 e. The highest BCUT2D eigenvalue weighted by atomic mass is 32.1. The lowest BCUT2D eigenvalue weighted by atomic mass is 10.00. The minimum atomic E-state index is -0.364. The van der Waals surface area contributed by atoms with Crippen LogP contribution in [0.3, 0.4) is 0 Å². The van der Waals surface area contributed by atoms with Crippen molar-refractivity contribution in [1.29, 1.82) is 0 Å². The van der Waals surface area contributed by atoms with Crippen molar-refractivity contribution in [2.75, 3.05) is 32.8 Å². The average molecular weight is 431 g/mol. The maximum Gasteiger partial charge on any atom is 0.235 e. The Morgan fingerprint density at radius 3 is 3.03 bits per heavy atom. The number of nitrogens with one attached hydrogen (secondary N) is 4. The van der Waals surface area contributed by atoms with Crippen molar-refractivity contribution in [3.8, 4) is 0 Å². The fourth-order valence-electron chi connectivity index (χ4n) is 4.66. The zero-order valence-electron chi connectivity index (χ0n) is 17.3. The van der Waals surface area contributed by atoms with E-state index in [9.17, 15) is 4.79 Å². The molecule has 0 radical (unpaired) electrons. The van der Waals surface area contributed by atoms with Crippen molar-refractivity contribution in [3.05, 3.63) is 29.3 Å². The minimum Gasteiger partial charge on any atom is -0.379 e. The number of amides is 1. The third-order valence-corrected chi connectivity index (χ3v) is 7.39. The monoisotopic (exact) mass is 430 g/mol. The molecule has 30 heavy (non-hydrogen) atoms. The van der Waals surface area contributed by atoms with E-state index in [0.29, 0.717) is 19.3 Å². The molecule has 5 rings (SSSR count). The van der Waals surface area contributed by atoms with Crippen LogP contribution in [0.5, 0.6) is 0 Å². The van der Waals surface area contributed by atoms with Gasteiger partial charge in [0.2, 0.25) is 5.91 Å². The fraction of sp³-hybridized carbons (Fsp3) is 0.619. The molecule has 0 spiro atoms. The van der Waals surface area contributed by atoms with Gasteiger partial charge in [-0.05, 0) is 38.4 Å². The van der Waals surface area contributed by atoms with E-state index in [1.54, 1.807) is 11.3 Å². The van der Waals surface area contributed by atoms with E-state index in [1.807, 2.05) is 18.2 Å². The highest BCUT2D eigenvalue weighted by Gasteiger charge is 2.42. The van der Waals surface area contributed by atoms with Gasteiger partial charge in [-0.15, -0.1) is 11.3 Å². The summed E-state index contributed by atoms with van der Waals surface area (Å²) < 4.78 is 6.70. The number of ether oxygens (including phenoxy) is 1. The van der Waals surface area contributed by atoms with E-state index in [1.165, 1.54) is 0 Å². The Bertz CT molecular complexity index is 852. The summed E-state index contributed by atoms with van der Waals surface area (Å²) in [7, 11) is 0. The Hall–Kier alpha value is -1.62. The number of rotatable bonds is 4. The van der Waals surface area contributed by atoms with Crippen LogP contribution in [0.25, 0.3) is 10.2 Å². The molecule has 3 saturated heterocycles. The van der Waals surface area contributed by atoms with Crippen LogP contribution in [0.15, 0.2) is 24.3 Å². The number of aromatic nitrogens is 1. The second kappa shape index (κ2) is 8.86. The average Bonchev–Trinajstić information content (AvgIpc) is 3.18. The van der Waals surface area contributed by atoms with Crippen molar-refractivity contribution in [3.63, 3.8) is 0 Å². The molecule has 0 aliphatic carbocycles. The number of carbonyl (C=O) groups excluding carboxylic acids is 1. The normalized spacial score (nSPS) is 33.5. The number of piperidine rings is 1. The molecule has 3 aliphatic heterocycles. The van der Waals surface area contributed by atoms with Gasteiger partial charge in [0, 0.05) is 25.2 Å². The number of hydrogen-bond donors (Lipinski definition) is 4. The molecule has 4 N–H and O–H groups in total. The van der Waals surface area contributed by atoms with Crippen LogP contribution in [0.2, 0.25) is 0 Å². The minimum absolute atomic E-state index is 0.0257. The Morgan fingerprint density at radius 2 is 2.23 bits per heavy atom. The van der Waals surface area contributed by atoms with E-state index >= 15 is 0 Å². The van der Waals surface area contributed by atoms with Gasteiger partial charge in [-0.1, -0.05) is 12.1 Å². The van der Waals surface area contributed by atoms with Gasteiger partial charge in [-0.2, -0.15) is 0 Å². The third-order valence-electron chi connectivity index (χ3n) is 6.27. The summed E-state index contributed by atoms with van der Waals surface area (Å²) >= 11 is 1.61. The highest BCUT2D eigenvalue weighted by molar-refractivity contribution is 7.18. The Kier molecular flexibility index (Phi) is 5.99. The lowest BCUT2D eigenvalue weighted by molar-refractivity contribution is -0.132. The standard InChI is InChI=1S/C21H30N6O2S/c1-13-12-29-10-9-27(13)21-25-18(23-14-5-4-8-22-11-14)17(19(28)26-21)20-24-15-6-2-3-7-16(15)30-20/h2-3,6-7,13-14,17-18,21-23,25H,4-5,8-12H2,1H3,(H,26,28)/t13-,14+,17?,18?,21?/m0/s1. The zero-order valence-corrected chi connectivity index (χ0v) is 18.1. The molecule has 2 aromatic rings. The highest BCUT2D eigenvalue weighted by Crippen LogP contribution is 2.31. The number of fused-ring (bicyclic) bond motifs is 1. The van der Waals surface area contributed by atoms with E-state index in [0.717, 1.165) is 47.7 Å². The first-order valence-electron chi connectivity index (χ1n) is 10.9. The van der Waals surface area contributed by atoms with E-state index < -0.39 is 0 Å². The van der Waals surface area contributed by atoms with Gasteiger partial charge in [-0.3, -0.25) is 20.3 Å². The van der Waals surface area contributed by atoms with Gasteiger partial charge < -0.3 is 15.4 Å². The summed E-state index contributed by atoms with van der Waals surface area (Å²) in [5.41, 5.74) is 0.951. The van der Waals surface area contributed by atoms with Crippen molar-refractivity contribution in [2.24, 2.45) is 0 Å². The lowest BCUT2D eigenvalue weighted by Gasteiger charge is -2.46. The van der Waals surface area contributed by atoms with Crippen LogP contribution in [0, 0.1) is 0 Å². The van der Waals surface area contributed by atoms with Gasteiger partial charge in [-0.25, -0.2) is 4.98 Å². The number of carbonyl (C=O) groups is 1. The van der Waals surface area contributed by atoms with Crippen LogP contribution in [0.4, 0.5) is 0 Å². The van der Waals surface area contributed by atoms with Crippen molar-refractivity contribution in [1.82, 2.24) is 31.2 Å². The molecule has 3 fully saturated rings. The molecular weight excluding hydrogens is 400 g/mol. The molecule has 162 valence electrons. The fourth-order valence-corrected chi connectivity index (χ4v) is 5.76. The first kappa shape index (κ1) is 20.3. The molecule has 3 unspecified atom stereocenters. The predicted molar refractivity (Wildman–Crippen MR) is 117 cm³/mol. The third kappa shape index (κ3) is 4.10. The lowest BCUT2D eigenvalue weighted by Crippen LogP contribution is -2.72. The summed E-state index contributed by atoms with van der Waals surface area (Å²) in [5, 5.41) is 15.0. The molecule has 5 atom stereocenters. The Labute approximate surface area is 180 Å². The van der Waals surface area contributed by atoms with E-state index in [2.05, 4.69) is 39.2 Å². The second-order valence-corrected chi connectivity index (χ2v) is 9.49. The quantitative estimate of drug-likeness (QED) is 0.570. The Morgan fingerprint density at radius 1 is 1.33 bits per heavy atom. The number of morpholine rings is 1. The topological polar surface area (TPSA) is 90.5 Å². The molecule has 8 nitrogen and oxygen atoms in total. The summed E-state index contributed by atoms with van der Waals surface area (Å²) in [5.74, 6) is -0.338. The molecular formula is C21H30N6O2S. The number of para-hydroxylation sites is 1. The molecule has 4 heterocycles. The molecule has 1 amide bonds.